The van der Waals surface area contributed by atoms with Crippen LogP contribution in [0.1, 0.15) is 31.9 Å². The van der Waals surface area contributed by atoms with Crippen LogP contribution in [-0.4, -0.2) is 18.0 Å². The standard InChI is InChI=1S/C29H30N2O2S/c1-5-20-31-27(24-14-10-7-11-15-24)26(23-12-8-6-9-13-23)30-28(31)34(32,33)21-22-16-18-25(19-17-22)29(2,3)4/h5-19H,1,20-21H2,2-4H3. The van der Waals surface area contributed by atoms with Gasteiger partial charge in [-0.3, -0.25) is 0 Å². The van der Waals surface area contributed by atoms with Crippen molar-refractivity contribution in [3.05, 3.63) is 109 Å². The smallest absolute Gasteiger partial charge is 0.229 e. The maximum Gasteiger partial charge on any atom is 0.229 e. The summed E-state index contributed by atoms with van der Waals surface area (Å²) >= 11 is 0. The number of hydrogen-bond acceptors (Lipinski definition) is 3. The molecule has 0 unspecified atom stereocenters. The van der Waals surface area contributed by atoms with Gasteiger partial charge in [0.15, 0.2) is 0 Å². The molecule has 0 N–H and O–H groups in total. The van der Waals surface area contributed by atoms with Crippen LogP contribution in [0.4, 0.5) is 0 Å². The van der Waals surface area contributed by atoms with Crippen LogP contribution in [-0.2, 0) is 27.5 Å². The number of benzene rings is 3. The van der Waals surface area contributed by atoms with E-state index in [2.05, 4.69) is 27.4 Å². The van der Waals surface area contributed by atoms with Gasteiger partial charge >= 0.3 is 0 Å². The van der Waals surface area contributed by atoms with Crippen LogP contribution < -0.4 is 0 Å². The maximum atomic E-state index is 13.7. The molecule has 174 valence electrons. The maximum absolute atomic E-state index is 13.7. The first-order chi connectivity index (χ1) is 16.2. The minimum Gasteiger partial charge on any atom is -0.310 e. The lowest BCUT2D eigenvalue weighted by Crippen LogP contribution is -2.14. The van der Waals surface area contributed by atoms with E-state index in [1.807, 2.05) is 84.9 Å². The average Bonchev–Trinajstić information content (AvgIpc) is 3.20. The molecule has 0 aliphatic heterocycles. The number of allylic oxidation sites excluding steroid dienone is 1. The number of imidazole rings is 1. The number of hydrogen-bond donors (Lipinski definition) is 0. The van der Waals surface area contributed by atoms with Crippen molar-refractivity contribution in [2.24, 2.45) is 0 Å². The number of rotatable bonds is 7. The topological polar surface area (TPSA) is 52.0 Å². The first kappa shape index (κ1) is 23.7. The van der Waals surface area contributed by atoms with E-state index in [-0.39, 0.29) is 16.3 Å². The van der Waals surface area contributed by atoms with Gasteiger partial charge < -0.3 is 4.57 Å². The lowest BCUT2D eigenvalue weighted by atomic mass is 9.87. The molecule has 4 aromatic rings. The van der Waals surface area contributed by atoms with Crippen molar-refractivity contribution in [1.82, 2.24) is 9.55 Å². The van der Waals surface area contributed by atoms with Crippen molar-refractivity contribution < 1.29 is 8.42 Å². The normalized spacial score (nSPS) is 12.0. The van der Waals surface area contributed by atoms with E-state index in [1.165, 1.54) is 5.56 Å². The lowest BCUT2D eigenvalue weighted by molar-refractivity contribution is 0.574. The quantitative estimate of drug-likeness (QED) is 0.283. The van der Waals surface area contributed by atoms with Gasteiger partial charge in [0.2, 0.25) is 15.0 Å². The largest absolute Gasteiger partial charge is 0.310 e. The van der Waals surface area contributed by atoms with E-state index in [1.54, 1.807) is 10.6 Å². The molecule has 0 radical (unpaired) electrons. The Labute approximate surface area is 202 Å². The summed E-state index contributed by atoms with van der Waals surface area (Å²) in [7, 11) is -3.73. The zero-order valence-corrected chi connectivity index (χ0v) is 20.7. The fourth-order valence-corrected chi connectivity index (χ4v) is 5.53. The molecular formula is C29H30N2O2S. The third kappa shape index (κ3) is 4.90. The Hall–Kier alpha value is -3.44. The SMILES string of the molecule is C=CCn1c(S(=O)(=O)Cc2ccc(C(C)(C)C)cc2)nc(-c2ccccc2)c1-c1ccccc1. The van der Waals surface area contributed by atoms with Crippen molar-refractivity contribution >= 4 is 9.84 Å². The van der Waals surface area contributed by atoms with Gasteiger partial charge in [-0.1, -0.05) is 112 Å². The summed E-state index contributed by atoms with van der Waals surface area (Å²) in [5.41, 5.74) is 5.11. The fourth-order valence-electron chi connectivity index (χ4n) is 4.04. The van der Waals surface area contributed by atoms with Gasteiger partial charge in [0.1, 0.15) is 0 Å². The minimum atomic E-state index is -3.73. The Morgan fingerprint density at radius 1 is 0.853 bits per heavy atom. The minimum absolute atomic E-state index is 0.00674. The zero-order chi connectivity index (χ0) is 24.3. The molecule has 0 atom stereocenters. The zero-order valence-electron chi connectivity index (χ0n) is 19.9. The molecule has 0 aliphatic carbocycles. The monoisotopic (exact) mass is 470 g/mol. The average molecular weight is 471 g/mol. The molecule has 1 heterocycles. The van der Waals surface area contributed by atoms with Gasteiger partial charge in [0.25, 0.3) is 0 Å². The molecule has 0 bridgehead atoms. The first-order valence-electron chi connectivity index (χ1n) is 11.3. The van der Waals surface area contributed by atoms with Crippen molar-refractivity contribution in [3.8, 4) is 22.5 Å². The molecule has 4 nitrogen and oxygen atoms in total. The van der Waals surface area contributed by atoms with Crippen LogP contribution in [0, 0.1) is 0 Å². The van der Waals surface area contributed by atoms with Crippen LogP contribution in [0.15, 0.2) is 103 Å². The molecule has 4 rings (SSSR count). The molecule has 0 saturated carbocycles. The van der Waals surface area contributed by atoms with E-state index in [0.29, 0.717) is 12.2 Å². The van der Waals surface area contributed by atoms with Crippen molar-refractivity contribution in [2.75, 3.05) is 0 Å². The van der Waals surface area contributed by atoms with Crippen molar-refractivity contribution in [2.45, 2.75) is 43.6 Å². The summed E-state index contributed by atoms with van der Waals surface area (Å²) < 4.78 is 29.1. The summed E-state index contributed by atoms with van der Waals surface area (Å²) in [4.78, 5) is 4.73. The second-order valence-corrected chi connectivity index (χ2v) is 11.3. The number of aromatic nitrogens is 2. The lowest BCUT2D eigenvalue weighted by Gasteiger charge is -2.19. The molecule has 0 spiro atoms. The van der Waals surface area contributed by atoms with Crippen molar-refractivity contribution in [1.29, 1.82) is 0 Å². The Morgan fingerprint density at radius 3 is 1.94 bits per heavy atom. The summed E-state index contributed by atoms with van der Waals surface area (Å²) in [6.45, 7) is 10.6. The van der Waals surface area contributed by atoms with Crippen LogP contribution in [0.25, 0.3) is 22.5 Å². The van der Waals surface area contributed by atoms with Gasteiger partial charge in [-0.15, -0.1) is 6.58 Å². The van der Waals surface area contributed by atoms with Crippen LogP contribution >= 0.6 is 0 Å². The van der Waals surface area contributed by atoms with Gasteiger partial charge in [0.05, 0.1) is 17.1 Å². The van der Waals surface area contributed by atoms with E-state index in [4.69, 9.17) is 4.98 Å². The number of nitrogens with zero attached hydrogens (tertiary/aromatic N) is 2. The third-order valence-electron chi connectivity index (χ3n) is 5.79. The highest BCUT2D eigenvalue weighted by molar-refractivity contribution is 7.90. The second kappa shape index (κ2) is 9.43. The van der Waals surface area contributed by atoms with Gasteiger partial charge in [-0.05, 0) is 16.5 Å². The third-order valence-corrected chi connectivity index (χ3v) is 7.37. The highest BCUT2D eigenvalue weighted by Gasteiger charge is 2.28. The van der Waals surface area contributed by atoms with Gasteiger partial charge in [0, 0.05) is 17.7 Å². The Morgan fingerprint density at radius 2 is 1.41 bits per heavy atom. The molecule has 5 heteroatoms. The Kier molecular flexibility index (Phi) is 6.58. The number of sulfone groups is 1. The van der Waals surface area contributed by atoms with E-state index in [0.717, 1.165) is 22.4 Å². The Balaban J connectivity index is 1.85. The fraction of sp³-hybridized carbons (Fsp3) is 0.207. The summed E-state index contributed by atoms with van der Waals surface area (Å²) in [5, 5.41) is 0.0602. The Bertz CT molecular complexity index is 1380. The predicted octanol–water partition coefficient (Wildman–Crippen LogP) is 6.67. The highest BCUT2D eigenvalue weighted by atomic mass is 32.2. The van der Waals surface area contributed by atoms with Gasteiger partial charge in [-0.25, -0.2) is 13.4 Å². The molecule has 3 aromatic carbocycles. The van der Waals surface area contributed by atoms with Crippen LogP contribution in [0.5, 0.6) is 0 Å². The summed E-state index contributed by atoms with van der Waals surface area (Å²) in [6.07, 6.45) is 1.71. The molecular weight excluding hydrogens is 440 g/mol. The second-order valence-electron chi connectivity index (χ2n) is 9.43. The highest BCUT2D eigenvalue weighted by Crippen LogP contribution is 2.35. The van der Waals surface area contributed by atoms with E-state index < -0.39 is 9.84 Å². The van der Waals surface area contributed by atoms with Gasteiger partial charge in [-0.2, -0.15) is 0 Å². The summed E-state index contributed by atoms with van der Waals surface area (Å²) in [5.74, 6) is -0.117. The molecule has 1 aromatic heterocycles. The van der Waals surface area contributed by atoms with E-state index >= 15 is 0 Å². The molecule has 0 amide bonds. The van der Waals surface area contributed by atoms with E-state index in [9.17, 15) is 8.42 Å². The summed E-state index contributed by atoms with van der Waals surface area (Å²) in [6, 6.07) is 27.3. The van der Waals surface area contributed by atoms with Crippen LogP contribution in [0.2, 0.25) is 0 Å². The predicted molar refractivity (Wildman–Crippen MR) is 139 cm³/mol. The molecule has 0 fully saturated rings. The van der Waals surface area contributed by atoms with Crippen molar-refractivity contribution in [3.63, 3.8) is 0 Å². The molecule has 0 saturated heterocycles. The molecule has 0 aliphatic rings. The first-order valence-corrected chi connectivity index (χ1v) is 13.0. The molecule has 34 heavy (non-hydrogen) atoms. The van der Waals surface area contributed by atoms with Crippen LogP contribution in [0.3, 0.4) is 0 Å².